The van der Waals surface area contributed by atoms with E-state index in [0.29, 0.717) is 6.67 Å². The van der Waals surface area contributed by atoms with E-state index in [1.54, 1.807) is 4.68 Å². The number of halogens is 1. The zero-order valence-corrected chi connectivity index (χ0v) is 17.9. The lowest BCUT2D eigenvalue weighted by atomic mass is 9.84. The first-order chi connectivity index (χ1) is 13.8. The number of nitrogens with one attached hydrogen (secondary N) is 2. The lowest BCUT2D eigenvalue weighted by Crippen LogP contribution is -2.57. The van der Waals surface area contributed by atoms with Gasteiger partial charge in [0.2, 0.25) is 5.91 Å². The van der Waals surface area contributed by atoms with E-state index < -0.39 is 5.54 Å². The third-order valence-corrected chi connectivity index (χ3v) is 6.76. The van der Waals surface area contributed by atoms with Gasteiger partial charge in [-0.25, -0.2) is 0 Å². The third-order valence-electron chi connectivity index (χ3n) is 6.39. The van der Waals surface area contributed by atoms with Gasteiger partial charge in [-0.1, -0.05) is 43.6 Å². The van der Waals surface area contributed by atoms with E-state index in [0.717, 1.165) is 37.3 Å². The van der Waals surface area contributed by atoms with Crippen LogP contribution < -0.4 is 15.8 Å². The number of H-pyrrole nitrogens is 1. The molecule has 1 spiro atoms. The summed E-state index contributed by atoms with van der Waals surface area (Å²) >= 11 is 6.36. The minimum Gasteiger partial charge on any atom is -0.339 e. The number of para-hydroxylation sites is 1. The van der Waals surface area contributed by atoms with Crippen LogP contribution in [-0.4, -0.2) is 45.9 Å². The normalized spacial score (nSPS) is 20.4. The van der Waals surface area contributed by atoms with Gasteiger partial charge in [0.25, 0.3) is 5.56 Å². The number of aryl methyl sites for hydroxylation is 1. The van der Waals surface area contributed by atoms with E-state index in [2.05, 4.69) is 46.2 Å². The van der Waals surface area contributed by atoms with Crippen molar-refractivity contribution in [1.29, 1.82) is 0 Å². The van der Waals surface area contributed by atoms with Gasteiger partial charge in [0.15, 0.2) is 0 Å². The van der Waals surface area contributed by atoms with Crippen molar-refractivity contribution < 1.29 is 4.79 Å². The van der Waals surface area contributed by atoms with Crippen molar-refractivity contribution in [2.75, 3.05) is 24.7 Å². The largest absolute Gasteiger partial charge is 0.339 e. The van der Waals surface area contributed by atoms with Gasteiger partial charge >= 0.3 is 0 Å². The Morgan fingerprint density at radius 1 is 1.10 bits per heavy atom. The van der Waals surface area contributed by atoms with Crippen LogP contribution in [-0.2, 0) is 11.8 Å². The first-order valence-electron chi connectivity index (χ1n) is 10.1. The Kier molecular flexibility index (Phi) is 5.21. The fraction of sp³-hybridized carbons (Fsp3) is 0.524. The second-order valence-corrected chi connectivity index (χ2v) is 8.76. The third kappa shape index (κ3) is 3.26. The Hall–Kier alpha value is -2.25. The van der Waals surface area contributed by atoms with Gasteiger partial charge in [-0.15, -0.1) is 0 Å². The van der Waals surface area contributed by atoms with Crippen LogP contribution in [0.5, 0.6) is 0 Å². The van der Waals surface area contributed by atoms with Gasteiger partial charge in [0.05, 0.1) is 18.4 Å². The summed E-state index contributed by atoms with van der Waals surface area (Å²) in [5, 5.41) is 6.07. The quantitative estimate of drug-likeness (QED) is 0.801. The van der Waals surface area contributed by atoms with E-state index in [-0.39, 0.29) is 28.4 Å². The second-order valence-electron chi connectivity index (χ2n) is 8.38. The van der Waals surface area contributed by atoms with E-state index in [1.165, 1.54) is 0 Å². The summed E-state index contributed by atoms with van der Waals surface area (Å²) in [6.45, 7) is 6.34. The molecular weight excluding hydrogens is 390 g/mol. The molecule has 1 unspecified atom stereocenters. The summed E-state index contributed by atoms with van der Waals surface area (Å²) in [5.74, 6) is 0.375. The minimum absolute atomic E-state index is 0.0124. The molecule has 0 bridgehead atoms. The molecule has 4 rings (SSSR count). The lowest BCUT2D eigenvalue weighted by molar-refractivity contribution is -0.125. The van der Waals surface area contributed by atoms with Crippen molar-refractivity contribution in [2.24, 2.45) is 13.0 Å². The number of piperidine rings is 1. The Bertz CT molecular complexity index is 944. The predicted octanol–water partition coefficient (Wildman–Crippen LogP) is 2.49. The monoisotopic (exact) mass is 417 g/mol. The van der Waals surface area contributed by atoms with Crippen LogP contribution in [0.25, 0.3) is 0 Å². The maximum absolute atomic E-state index is 12.9. The molecule has 7 nitrogen and oxygen atoms in total. The molecular formula is C21H28ClN5O2. The maximum atomic E-state index is 12.9. The highest BCUT2D eigenvalue weighted by molar-refractivity contribution is 6.31. The molecule has 0 saturated carbocycles. The molecule has 1 aromatic carbocycles. The Balaban J connectivity index is 1.60. The summed E-state index contributed by atoms with van der Waals surface area (Å²) < 4.78 is 1.73. The minimum atomic E-state index is -0.521. The topological polar surface area (TPSA) is 73.4 Å². The fourth-order valence-electron chi connectivity index (χ4n) is 4.97. The summed E-state index contributed by atoms with van der Waals surface area (Å²) in [6.07, 6.45) is 1.46. The van der Waals surface area contributed by atoms with Crippen LogP contribution in [0.4, 0.5) is 5.69 Å². The van der Waals surface area contributed by atoms with Gasteiger partial charge in [-0.2, -0.15) is 0 Å². The first kappa shape index (κ1) is 20.0. The van der Waals surface area contributed by atoms with Crippen LogP contribution in [0.3, 0.4) is 0 Å². The number of hydrogen-bond donors (Lipinski definition) is 2. The summed E-state index contributed by atoms with van der Waals surface area (Å²) in [7, 11) is 1.82. The standard InChI is InChI=1S/C21H28ClN5O2/c1-14(2)17(18-16(22)19(28)24-25(18)3)26-11-9-21(10-12-26)20(29)23-13-27(21)15-7-5-4-6-8-15/h4-8,14,17H,9-13H2,1-3H3,(H,23,29)(H,24,28). The number of rotatable bonds is 4. The Morgan fingerprint density at radius 3 is 2.31 bits per heavy atom. The van der Waals surface area contributed by atoms with E-state index in [1.807, 2.05) is 25.2 Å². The number of amides is 1. The van der Waals surface area contributed by atoms with Crippen LogP contribution >= 0.6 is 11.6 Å². The van der Waals surface area contributed by atoms with Crippen molar-refractivity contribution in [1.82, 2.24) is 20.0 Å². The zero-order chi connectivity index (χ0) is 20.8. The van der Waals surface area contributed by atoms with Gasteiger partial charge in [0, 0.05) is 25.8 Å². The van der Waals surface area contributed by atoms with Gasteiger partial charge in [0.1, 0.15) is 10.6 Å². The maximum Gasteiger partial charge on any atom is 0.283 e. The lowest BCUT2D eigenvalue weighted by Gasteiger charge is -2.46. The zero-order valence-electron chi connectivity index (χ0n) is 17.1. The van der Waals surface area contributed by atoms with Crippen molar-refractivity contribution in [3.8, 4) is 0 Å². The van der Waals surface area contributed by atoms with Gasteiger partial charge < -0.3 is 10.2 Å². The molecule has 8 heteroatoms. The Labute approximate surface area is 175 Å². The van der Waals surface area contributed by atoms with Crippen molar-refractivity contribution in [3.05, 3.63) is 51.4 Å². The number of carbonyl (C=O) groups excluding carboxylic acids is 1. The van der Waals surface area contributed by atoms with Gasteiger partial charge in [-0.05, 0) is 30.9 Å². The molecule has 156 valence electrons. The number of nitrogens with zero attached hydrogens (tertiary/aromatic N) is 3. The molecule has 29 heavy (non-hydrogen) atoms. The molecule has 2 fully saturated rings. The van der Waals surface area contributed by atoms with E-state index >= 15 is 0 Å². The number of hydrogen-bond acceptors (Lipinski definition) is 4. The Morgan fingerprint density at radius 2 is 1.76 bits per heavy atom. The van der Waals surface area contributed by atoms with Crippen LogP contribution in [0.15, 0.2) is 35.1 Å². The smallest absolute Gasteiger partial charge is 0.283 e. The van der Waals surface area contributed by atoms with Crippen molar-refractivity contribution in [3.63, 3.8) is 0 Å². The molecule has 2 aromatic rings. The van der Waals surface area contributed by atoms with E-state index in [4.69, 9.17) is 11.6 Å². The van der Waals surface area contributed by atoms with Crippen LogP contribution in [0.1, 0.15) is 38.4 Å². The number of carbonyl (C=O) groups is 1. The van der Waals surface area contributed by atoms with Crippen molar-refractivity contribution in [2.45, 2.75) is 38.3 Å². The highest BCUT2D eigenvalue weighted by atomic mass is 35.5. The molecule has 0 aliphatic carbocycles. The van der Waals surface area contributed by atoms with Crippen LogP contribution in [0.2, 0.25) is 5.02 Å². The fourth-order valence-corrected chi connectivity index (χ4v) is 5.25. The van der Waals surface area contributed by atoms with Crippen molar-refractivity contribution >= 4 is 23.2 Å². The second kappa shape index (κ2) is 7.54. The number of anilines is 1. The molecule has 2 aliphatic rings. The number of likely N-dealkylation sites (tertiary alicyclic amines) is 1. The molecule has 1 aromatic heterocycles. The molecule has 2 saturated heterocycles. The molecule has 1 amide bonds. The van der Waals surface area contributed by atoms with Crippen LogP contribution in [0, 0.1) is 5.92 Å². The molecule has 2 N–H and O–H groups in total. The first-order valence-corrected chi connectivity index (χ1v) is 10.5. The highest BCUT2D eigenvalue weighted by Gasteiger charge is 2.51. The molecule has 3 heterocycles. The average molecular weight is 418 g/mol. The molecule has 1 atom stereocenters. The number of benzene rings is 1. The highest BCUT2D eigenvalue weighted by Crippen LogP contribution is 2.40. The molecule has 0 radical (unpaired) electrons. The number of aromatic amines is 1. The SMILES string of the molecule is CC(C)C(c1c(Cl)c(=O)[nH]n1C)N1CCC2(CC1)C(=O)NCN2c1ccccc1. The number of aromatic nitrogens is 2. The summed E-state index contributed by atoms with van der Waals surface area (Å²) in [6, 6.07) is 10.1. The van der Waals surface area contributed by atoms with E-state index in [9.17, 15) is 9.59 Å². The summed E-state index contributed by atoms with van der Waals surface area (Å²) in [4.78, 5) is 29.5. The molecule has 2 aliphatic heterocycles. The average Bonchev–Trinajstić information content (AvgIpc) is 3.15. The summed E-state index contributed by atoms with van der Waals surface area (Å²) in [5.41, 5.74) is 1.11. The predicted molar refractivity (Wildman–Crippen MR) is 114 cm³/mol. The van der Waals surface area contributed by atoms with Gasteiger partial charge in [-0.3, -0.25) is 24.3 Å².